The number of piperidine rings is 1. The zero-order valence-corrected chi connectivity index (χ0v) is 17.6. The monoisotopic (exact) mass is 441 g/mol. The lowest BCUT2D eigenvalue weighted by molar-refractivity contribution is 0.127. The molecular weight excluding hydrogens is 393 g/mol. The number of carbonyl (C=O) groups excluding carboxylic acids is 1. The second kappa shape index (κ2) is 11.1. The highest BCUT2D eigenvalue weighted by molar-refractivity contribution is 5.74. The smallest absolute Gasteiger partial charge is 0.318 e. The van der Waals surface area contributed by atoms with Gasteiger partial charge in [0, 0.05) is 19.0 Å². The molecule has 6 heteroatoms. The van der Waals surface area contributed by atoms with Crippen LogP contribution in [0.3, 0.4) is 0 Å². The molecule has 5 nitrogen and oxygen atoms in total. The second-order valence-electron chi connectivity index (χ2n) is 7.34. The third-order valence-electron chi connectivity index (χ3n) is 4.39. The summed E-state index contributed by atoms with van der Waals surface area (Å²) in [5, 5.41) is 1.91. The van der Waals surface area contributed by atoms with Crippen molar-refractivity contribution in [2.75, 3.05) is 26.7 Å². The van der Waals surface area contributed by atoms with Crippen LogP contribution >= 0.6 is 0 Å². The van der Waals surface area contributed by atoms with Crippen LogP contribution in [-0.2, 0) is 13.0 Å². The number of halogens is 1. The third kappa shape index (κ3) is 7.24. The van der Waals surface area contributed by atoms with E-state index in [1.807, 2.05) is 10.2 Å². The van der Waals surface area contributed by atoms with E-state index in [0.717, 1.165) is 0 Å². The van der Waals surface area contributed by atoms with E-state index in [1.165, 1.54) is 13.8 Å². The Morgan fingerprint density at radius 1 is 1.19 bits per heavy atom. The van der Waals surface area contributed by atoms with Gasteiger partial charge in [0.1, 0.15) is 11.6 Å². The van der Waals surface area contributed by atoms with Crippen molar-refractivity contribution in [3.63, 3.8) is 0 Å². The maximum atomic E-state index is 14.3. The van der Waals surface area contributed by atoms with Crippen molar-refractivity contribution in [1.29, 1.82) is 0 Å². The summed E-state index contributed by atoms with van der Waals surface area (Å²) >= 11 is 0. The summed E-state index contributed by atoms with van der Waals surface area (Å²) in [6.45, 7) is -5.14. The zero-order chi connectivity index (χ0) is 34.6. The highest BCUT2D eigenvalue weighted by Crippen LogP contribution is 2.19. The van der Waals surface area contributed by atoms with Crippen LogP contribution < -0.4 is 10.1 Å². The lowest BCUT2D eigenvalue weighted by atomic mass is 10.0. The Balaban J connectivity index is 2.15. The summed E-state index contributed by atoms with van der Waals surface area (Å²) < 4.78 is 136. The fraction of sp³-hybridized carbons (Fsp3) is 0.480. The van der Waals surface area contributed by atoms with E-state index in [4.69, 9.17) is 23.9 Å². The molecule has 2 aromatic carbocycles. The first kappa shape index (κ1) is 10.8. The lowest BCUT2D eigenvalue weighted by Gasteiger charge is -2.37. The highest BCUT2D eigenvalue weighted by atomic mass is 19.1. The van der Waals surface area contributed by atoms with Crippen LogP contribution in [0.2, 0.25) is 0 Å². The summed E-state index contributed by atoms with van der Waals surface area (Å²) in [5.74, 6) is -3.07. The van der Waals surface area contributed by atoms with Gasteiger partial charge in [-0.15, -0.1) is 0 Å². The molecule has 1 saturated heterocycles. The normalized spacial score (nSPS) is 23.0. The number of likely N-dealkylation sites (tertiary alicyclic amines) is 1. The molecule has 2 amide bonds. The van der Waals surface area contributed by atoms with Crippen LogP contribution in [0, 0.1) is 11.7 Å². The van der Waals surface area contributed by atoms with Crippen LogP contribution in [0.5, 0.6) is 5.75 Å². The fourth-order valence-electron chi connectivity index (χ4n) is 2.80. The molecule has 0 aliphatic carbocycles. The molecule has 0 bridgehead atoms. The fourth-order valence-corrected chi connectivity index (χ4v) is 2.80. The molecule has 0 unspecified atom stereocenters. The minimum absolute atomic E-state index is 0.140. The molecule has 1 N–H and O–H groups in total. The van der Waals surface area contributed by atoms with Gasteiger partial charge < -0.3 is 19.9 Å². The number of amides is 2. The van der Waals surface area contributed by atoms with Crippen molar-refractivity contribution >= 4 is 6.03 Å². The number of ether oxygens (including phenoxy) is 1. The Morgan fingerprint density at radius 3 is 2.42 bits per heavy atom. The van der Waals surface area contributed by atoms with Crippen LogP contribution in [0.25, 0.3) is 0 Å². The van der Waals surface area contributed by atoms with Crippen molar-refractivity contribution in [3.05, 3.63) is 65.3 Å². The van der Waals surface area contributed by atoms with Gasteiger partial charge in [0.05, 0.1) is 25.7 Å². The maximum Gasteiger partial charge on any atom is 0.318 e. The molecule has 0 saturated carbocycles. The summed E-state index contributed by atoms with van der Waals surface area (Å²) in [6, 6.07) is -10.8. The number of urea groups is 1. The first-order chi connectivity index (χ1) is 20.5. The summed E-state index contributed by atoms with van der Waals surface area (Å²) in [7, 11) is 1.78. The molecule has 1 fully saturated rings. The van der Waals surface area contributed by atoms with Crippen molar-refractivity contribution < 1.29 is 33.1 Å². The molecule has 1 aliphatic rings. The predicted octanol–water partition coefficient (Wildman–Crippen LogP) is 4.67. The topological polar surface area (TPSA) is 44.8 Å². The maximum absolute atomic E-state index is 14.3. The second-order valence-corrected chi connectivity index (χ2v) is 7.34. The Morgan fingerprint density at radius 2 is 1.81 bits per heavy atom. The Kier molecular flexibility index (Phi) is 3.89. The Hall–Kier alpha value is -2.60. The predicted molar refractivity (Wildman–Crippen MR) is 121 cm³/mol. The number of rotatable bonds is 8. The van der Waals surface area contributed by atoms with Gasteiger partial charge in [-0.1, -0.05) is 38.0 Å². The number of nitrogens with zero attached hydrogens (tertiary/aromatic N) is 2. The average molecular weight is 442 g/mol. The summed E-state index contributed by atoms with van der Waals surface area (Å²) in [5.41, 5.74) is -1.92. The number of carbonyl (C=O) groups is 1. The highest BCUT2D eigenvalue weighted by Gasteiger charge is 2.27. The molecule has 168 valence electrons. The van der Waals surface area contributed by atoms with Crippen LogP contribution in [0.15, 0.2) is 48.3 Å². The molecule has 2 aromatic rings. The van der Waals surface area contributed by atoms with Crippen molar-refractivity contribution in [2.45, 2.75) is 45.7 Å². The van der Waals surface area contributed by atoms with Crippen molar-refractivity contribution in [1.82, 2.24) is 15.1 Å². The van der Waals surface area contributed by atoms with E-state index in [2.05, 4.69) is 0 Å². The van der Waals surface area contributed by atoms with E-state index < -0.39 is 109 Å². The number of hydrogen-bond acceptors (Lipinski definition) is 3. The van der Waals surface area contributed by atoms with E-state index >= 15 is 0 Å². The average Bonchev–Trinajstić information content (AvgIpc) is 2.92. The largest absolute Gasteiger partial charge is 0.493 e. The summed E-state index contributed by atoms with van der Waals surface area (Å²) in [6.07, 6.45) is 0.279. The van der Waals surface area contributed by atoms with Crippen LogP contribution in [0.1, 0.15) is 57.0 Å². The molecule has 1 aliphatic heterocycles. The lowest BCUT2D eigenvalue weighted by Crippen LogP contribution is -2.49. The van der Waals surface area contributed by atoms with Crippen LogP contribution in [0.4, 0.5) is 9.18 Å². The van der Waals surface area contributed by atoms with E-state index in [1.54, 1.807) is 7.05 Å². The molecule has 1 heterocycles. The first-order valence-corrected chi connectivity index (χ1v) is 9.85. The molecular formula is C25H34FN3O2. The molecule has 3 rings (SSSR count). The standard InChI is InChI=1S/C25H34FN3O2/c1-19(2)18-31-24-10-6-20(7-11-24)16-27-25(30)29(23-12-14-28(3)15-13-23)17-21-4-8-22(26)9-5-21/h4-11,19,23H,12-18H2,1-3H3,(H,27,30)/i4D,5D,6D,7D,8D,9D,10D,11D,16D2,17D2,18D2. The molecule has 0 spiro atoms. The van der Waals surface area contributed by atoms with Crippen LogP contribution in [-0.4, -0.2) is 48.6 Å². The zero-order valence-electron chi connectivity index (χ0n) is 31.6. The first-order valence-electron chi connectivity index (χ1n) is 16.8. The molecule has 0 atom stereocenters. The van der Waals surface area contributed by atoms with Gasteiger partial charge in [0.2, 0.25) is 0 Å². The van der Waals surface area contributed by atoms with Gasteiger partial charge in [-0.2, -0.15) is 0 Å². The van der Waals surface area contributed by atoms with E-state index in [9.17, 15) is 9.18 Å². The van der Waals surface area contributed by atoms with Crippen molar-refractivity contribution in [2.24, 2.45) is 5.92 Å². The SMILES string of the molecule is [2H]c1c([2H])c(C([2H])([2H])N(C(=O)NC([2H])([2H])c2c([2H])c([2H])c(OC([2H])([2H])C(C)C)c([2H])c2[2H])C2CCN(C)CC2)c([2H])c([2H])c1F. The third-order valence-corrected chi connectivity index (χ3v) is 4.39. The number of hydrogen-bond donors (Lipinski definition) is 1. The van der Waals surface area contributed by atoms with Gasteiger partial charge in [0.15, 0.2) is 0 Å². The molecule has 0 radical (unpaired) electrons. The quantitative estimate of drug-likeness (QED) is 0.648. The number of benzene rings is 2. The van der Waals surface area contributed by atoms with Gasteiger partial charge in [-0.05, 0) is 74.2 Å². The van der Waals surface area contributed by atoms with Crippen molar-refractivity contribution in [3.8, 4) is 5.75 Å². The number of nitrogens with one attached hydrogen (secondary N) is 1. The Labute approximate surface area is 204 Å². The minimum atomic E-state index is -3.20. The molecule has 31 heavy (non-hydrogen) atoms. The molecule has 0 aromatic heterocycles. The van der Waals surface area contributed by atoms with Gasteiger partial charge in [-0.3, -0.25) is 0 Å². The summed E-state index contributed by atoms with van der Waals surface area (Å²) in [4.78, 5) is 16.2. The van der Waals surface area contributed by atoms with E-state index in [0.29, 0.717) is 18.0 Å². The minimum Gasteiger partial charge on any atom is -0.493 e. The Bertz CT molecular complexity index is 1420. The van der Waals surface area contributed by atoms with E-state index in [-0.39, 0.29) is 12.8 Å². The van der Waals surface area contributed by atoms with Gasteiger partial charge >= 0.3 is 6.03 Å². The van der Waals surface area contributed by atoms with Gasteiger partial charge in [0.25, 0.3) is 0 Å². The van der Waals surface area contributed by atoms with Gasteiger partial charge in [-0.25, -0.2) is 9.18 Å².